The zero-order valence-electron chi connectivity index (χ0n) is 58.0. The molecule has 0 radical (unpaired) electrons. The molecule has 0 unspecified atom stereocenters. The molecule has 120 heavy (non-hydrogen) atoms. The third kappa shape index (κ3) is 304. The molecule has 0 aliphatic heterocycles. The largest absolute Gasteiger partial charge is 0.478 e. The number of carboxylic acid groups (broad SMARTS) is 30. The van der Waals surface area contributed by atoms with Crippen molar-refractivity contribution in [1.82, 2.24) is 0 Å². The van der Waals surface area contributed by atoms with E-state index in [2.05, 4.69) is 0 Å². The van der Waals surface area contributed by atoms with Crippen LogP contribution < -0.4 is 0 Å². The van der Waals surface area contributed by atoms with Crippen LogP contribution in [0, 0.1) is 0 Å². The van der Waals surface area contributed by atoms with E-state index >= 15 is 0 Å². The van der Waals surface area contributed by atoms with E-state index in [4.69, 9.17) is 153 Å². The Kier molecular flexibility index (Phi) is 108. The van der Waals surface area contributed by atoms with Gasteiger partial charge < -0.3 is 153 Å². The highest BCUT2D eigenvalue weighted by molar-refractivity contribution is 5.96. The predicted octanol–water partition coefficient (Wildman–Crippen LogP) is -4.32. The van der Waals surface area contributed by atoms with E-state index in [1.165, 1.54) is 0 Å². The number of aliphatic carboxylic acids is 30. The lowest BCUT2D eigenvalue weighted by Gasteiger charge is -1.74. The van der Waals surface area contributed by atoms with Gasteiger partial charge in [0.25, 0.3) is 0 Å². The Labute approximate surface area is 657 Å². The summed E-state index contributed by atoms with van der Waals surface area (Å²) >= 11 is 0. The minimum absolute atomic E-state index is 0.558. The van der Waals surface area contributed by atoms with Gasteiger partial charge in [-0.1, -0.05) is 0 Å². The first kappa shape index (κ1) is 136. The summed E-state index contributed by atoms with van der Waals surface area (Å²) in [6.45, 7) is 0. The first-order valence-corrected chi connectivity index (χ1v) is 26.5. The number of hydrogen-bond donors (Lipinski definition) is 30. The molecule has 0 heterocycles. The van der Waals surface area contributed by atoms with Gasteiger partial charge in [-0.3, -0.25) is 0 Å². The zero-order chi connectivity index (χ0) is 98.5. The Hall–Kier alpha value is -19.8. The average molecular weight is 1740 g/mol. The molecular formula is C60H60O60. The standard InChI is InChI=1S/15C4H4O4/c15*5-3(6)1-2-4(7)8/h15*1-2H,(H,5,6)(H,7,8)/b15*2-1+. The van der Waals surface area contributed by atoms with Crippen molar-refractivity contribution in [3.05, 3.63) is 182 Å². The SMILES string of the molecule is O=C(O)/C=C/C(=O)O.O=C(O)/C=C/C(=O)O.O=C(O)/C=C/C(=O)O.O=C(O)/C=C/C(=O)O.O=C(O)/C=C/C(=O)O.O=C(O)/C=C/C(=O)O.O=C(O)/C=C/C(=O)O.O=C(O)/C=C/C(=O)O.O=C(O)/C=C/C(=O)O.O=C(O)/C=C/C(=O)O.O=C(O)/C=C/C(=O)O.O=C(O)/C=C/C(=O)O.O=C(O)/C=C/C(=O)O.O=C(O)/C=C/C(=O)O.O=C(O)/C=C/C(=O)O. The van der Waals surface area contributed by atoms with Crippen LogP contribution >= 0.6 is 0 Å². The van der Waals surface area contributed by atoms with E-state index in [0.29, 0.717) is 182 Å². The second-order valence-electron chi connectivity index (χ2n) is 15.1. The minimum atomic E-state index is -1.26. The molecule has 0 amide bonds. The van der Waals surface area contributed by atoms with Crippen molar-refractivity contribution in [2.24, 2.45) is 0 Å². The van der Waals surface area contributed by atoms with Crippen LogP contribution in [0.3, 0.4) is 0 Å². The van der Waals surface area contributed by atoms with Gasteiger partial charge in [0.2, 0.25) is 0 Å². The van der Waals surface area contributed by atoms with Gasteiger partial charge in [0, 0.05) is 182 Å². The number of rotatable bonds is 30. The van der Waals surface area contributed by atoms with E-state index in [1.807, 2.05) is 0 Å². The summed E-state index contributed by atoms with van der Waals surface area (Å²) in [5, 5.41) is 234. The summed E-state index contributed by atoms with van der Waals surface area (Å²) in [7, 11) is 0. The molecule has 0 bridgehead atoms. The van der Waals surface area contributed by atoms with Crippen molar-refractivity contribution in [3.63, 3.8) is 0 Å². The fourth-order valence-electron chi connectivity index (χ4n) is 2.14. The van der Waals surface area contributed by atoms with Crippen LogP contribution in [0.2, 0.25) is 0 Å². The molecule has 0 aromatic carbocycles. The highest BCUT2D eigenvalue weighted by Crippen LogP contribution is 1.79. The molecule has 0 atom stereocenters. The highest BCUT2D eigenvalue weighted by atomic mass is 16.5. The summed E-state index contributed by atoms with van der Waals surface area (Å²) in [4.78, 5) is 287. The molecule has 0 aromatic rings. The molecule has 0 fully saturated rings. The summed E-state index contributed by atoms with van der Waals surface area (Å²) in [6, 6.07) is 0. The molecule has 0 aromatic heterocycles. The quantitative estimate of drug-likeness (QED) is 0.0302. The second-order valence-corrected chi connectivity index (χ2v) is 15.1. The third-order valence-electron chi connectivity index (χ3n) is 5.53. The van der Waals surface area contributed by atoms with Gasteiger partial charge in [-0.15, -0.1) is 0 Å². The average Bonchev–Trinajstić information content (AvgIpc) is 1.27. The second kappa shape index (κ2) is 95.3. The fraction of sp³-hybridized carbons (Fsp3) is 0. The van der Waals surface area contributed by atoms with Crippen molar-refractivity contribution >= 4 is 179 Å². The highest BCUT2D eigenvalue weighted by Gasteiger charge is 1.97. The summed E-state index contributed by atoms with van der Waals surface area (Å²) in [5.74, 6) is -37.7. The van der Waals surface area contributed by atoms with Crippen molar-refractivity contribution < 1.29 is 297 Å². The topological polar surface area (TPSA) is 1120 Å². The number of hydrogen-bond acceptors (Lipinski definition) is 30. The van der Waals surface area contributed by atoms with Crippen LogP contribution in [0.4, 0.5) is 0 Å². The van der Waals surface area contributed by atoms with Crippen LogP contribution in [0.25, 0.3) is 0 Å². The molecule has 660 valence electrons. The molecule has 0 aliphatic carbocycles. The molecule has 0 rings (SSSR count). The van der Waals surface area contributed by atoms with Crippen LogP contribution in [-0.2, 0) is 144 Å². The Bertz CT molecular complexity index is 2780. The van der Waals surface area contributed by atoms with Gasteiger partial charge in [-0.2, -0.15) is 0 Å². The van der Waals surface area contributed by atoms with Gasteiger partial charge in [0.1, 0.15) is 0 Å². The Morgan fingerprint density at radius 3 is 0.0917 bits per heavy atom. The molecule has 0 saturated carbocycles. The summed E-state index contributed by atoms with van der Waals surface area (Å²) in [6.07, 6.45) is 16.7. The van der Waals surface area contributed by atoms with E-state index < -0.39 is 179 Å². The maximum atomic E-state index is 9.55. The molecule has 0 spiro atoms. The van der Waals surface area contributed by atoms with Crippen LogP contribution in [0.1, 0.15) is 0 Å². The van der Waals surface area contributed by atoms with Crippen LogP contribution in [-0.4, -0.2) is 332 Å². The first-order chi connectivity index (χ1) is 54.4. The lowest BCUT2D eigenvalue weighted by atomic mass is 10.5. The summed E-state index contributed by atoms with van der Waals surface area (Å²) in [5.41, 5.74) is 0. The van der Waals surface area contributed by atoms with E-state index in [9.17, 15) is 144 Å². The van der Waals surface area contributed by atoms with Crippen molar-refractivity contribution in [1.29, 1.82) is 0 Å². The number of carboxylic acids is 30. The lowest BCUT2D eigenvalue weighted by molar-refractivity contribution is -0.134. The fourth-order valence-corrected chi connectivity index (χ4v) is 2.14. The van der Waals surface area contributed by atoms with Gasteiger partial charge in [0.15, 0.2) is 0 Å². The molecule has 0 aliphatic rings. The molecule has 30 N–H and O–H groups in total. The van der Waals surface area contributed by atoms with Gasteiger partial charge in [-0.05, 0) is 0 Å². The molecule has 0 saturated heterocycles. The Balaban J connectivity index is -0.0000000757. The maximum absolute atomic E-state index is 9.55. The smallest absolute Gasteiger partial charge is 0.328 e. The molecule has 60 nitrogen and oxygen atoms in total. The first-order valence-electron chi connectivity index (χ1n) is 26.5. The van der Waals surface area contributed by atoms with E-state index in [0.717, 1.165) is 0 Å². The summed E-state index contributed by atoms with van der Waals surface area (Å²) < 4.78 is 0. The van der Waals surface area contributed by atoms with Crippen molar-refractivity contribution in [3.8, 4) is 0 Å². The monoisotopic (exact) mass is 1740 g/mol. The van der Waals surface area contributed by atoms with Crippen LogP contribution in [0.5, 0.6) is 0 Å². The predicted molar refractivity (Wildman–Crippen MR) is 366 cm³/mol. The molecular weight excluding hydrogens is 1680 g/mol. The zero-order valence-corrected chi connectivity index (χ0v) is 58.0. The van der Waals surface area contributed by atoms with Crippen LogP contribution in [0.15, 0.2) is 182 Å². The third-order valence-corrected chi connectivity index (χ3v) is 5.53. The van der Waals surface area contributed by atoms with Crippen molar-refractivity contribution in [2.75, 3.05) is 0 Å². The van der Waals surface area contributed by atoms with E-state index in [1.54, 1.807) is 0 Å². The Morgan fingerprint density at radius 1 is 0.0667 bits per heavy atom. The van der Waals surface area contributed by atoms with Gasteiger partial charge in [0.05, 0.1) is 0 Å². The Morgan fingerprint density at radius 2 is 0.0833 bits per heavy atom. The normalized spacial score (nSPS) is 9.50. The minimum Gasteiger partial charge on any atom is -0.478 e. The van der Waals surface area contributed by atoms with Crippen molar-refractivity contribution in [2.45, 2.75) is 0 Å². The van der Waals surface area contributed by atoms with E-state index in [-0.39, 0.29) is 0 Å². The lowest BCUT2D eigenvalue weighted by Crippen LogP contribution is -1.91. The van der Waals surface area contributed by atoms with Gasteiger partial charge in [-0.25, -0.2) is 144 Å². The maximum Gasteiger partial charge on any atom is 0.328 e. The number of carbonyl (C=O) groups is 30. The van der Waals surface area contributed by atoms with Gasteiger partial charge >= 0.3 is 179 Å². The molecule has 60 heteroatoms.